The summed E-state index contributed by atoms with van der Waals surface area (Å²) in [5.41, 5.74) is 2.14. The molecule has 3 aromatic rings. The van der Waals surface area contributed by atoms with Crippen molar-refractivity contribution in [3.8, 4) is 0 Å². The van der Waals surface area contributed by atoms with Crippen LogP contribution in [0.25, 0.3) is 0 Å². The Bertz CT molecular complexity index is 890. The summed E-state index contributed by atoms with van der Waals surface area (Å²) in [7, 11) is 0. The predicted molar refractivity (Wildman–Crippen MR) is 102 cm³/mol. The van der Waals surface area contributed by atoms with Crippen molar-refractivity contribution in [1.29, 1.82) is 0 Å². The molecule has 0 aliphatic rings. The first kappa shape index (κ1) is 17.8. The molecule has 0 aliphatic heterocycles. The summed E-state index contributed by atoms with van der Waals surface area (Å²) in [6.07, 6.45) is 3.44. The van der Waals surface area contributed by atoms with Crippen LogP contribution in [0.15, 0.2) is 76.2 Å². The molecular formula is C20H18N2O3S. The fourth-order valence-electron chi connectivity index (χ4n) is 2.39. The van der Waals surface area contributed by atoms with Crippen LogP contribution in [0.4, 0.5) is 5.69 Å². The molecule has 0 bridgehead atoms. The molecule has 1 aromatic heterocycles. The fourth-order valence-corrected chi connectivity index (χ4v) is 2.79. The zero-order chi connectivity index (χ0) is 18.4. The zero-order valence-corrected chi connectivity index (χ0v) is 15.0. The van der Waals surface area contributed by atoms with E-state index in [1.54, 1.807) is 42.1 Å². The number of carbonyl (C=O) groups is 2. The van der Waals surface area contributed by atoms with Gasteiger partial charge in [-0.1, -0.05) is 12.1 Å². The number of anilines is 1. The topological polar surface area (TPSA) is 71.3 Å². The molecule has 2 aromatic carbocycles. The molecule has 0 aliphatic carbocycles. The maximum absolute atomic E-state index is 12.2. The number of nitrogens with one attached hydrogen (secondary N) is 2. The summed E-state index contributed by atoms with van der Waals surface area (Å²) in [6, 6.07) is 18.0. The lowest BCUT2D eigenvalue weighted by atomic mass is 10.1. The Morgan fingerprint density at radius 2 is 1.81 bits per heavy atom. The molecule has 3 rings (SSSR count). The van der Waals surface area contributed by atoms with E-state index in [0.29, 0.717) is 17.8 Å². The largest absolute Gasteiger partial charge is 0.459 e. The first-order valence-corrected chi connectivity index (χ1v) is 9.24. The van der Waals surface area contributed by atoms with Gasteiger partial charge in [0.1, 0.15) is 0 Å². The van der Waals surface area contributed by atoms with Gasteiger partial charge in [0, 0.05) is 22.7 Å². The van der Waals surface area contributed by atoms with E-state index in [1.807, 2.05) is 36.6 Å². The van der Waals surface area contributed by atoms with Gasteiger partial charge in [-0.25, -0.2) is 0 Å². The van der Waals surface area contributed by atoms with Gasteiger partial charge in [0.25, 0.3) is 11.8 Å². The molecule has 0 fully saturated rings. The molecular weight excluding hydrogens is 348 g/mol. The molecule has 5 nitrogen and oxygen atoms in total. The van der Waals surface area contributed by atoms with Gasteiger partial charge < -0.3 is 15.1 Å². The van der Waals surface area contributed by atoms with E-state index in [9.17, 15) is 9.59 Å². The van der Waals surface area contributed by atoms with E-state index < -0.39 is 0 Å². The predicted octanol–water partition coefficient (Wildman–Crippen LogP) is 4.18. The quantitative estimate of drug-likeness (QED) is 0.642. The highest BCUT2D eigenvalue weighted by atomic mass is 32.2. The van der Waals surface area contributed by atoms with Crippen molar-refractivity contribution >= 4 is 29.3 Å². The molecule has 26 heavy (non-hydrogen) atoms. The van der Waals surface area contributed by atoms with Crippen LogP contribution in [0, 0.1) is 0 Å². The Kier molecular flexibility index (Phi) is 5.76. The molecule has 0 radical (unpaired) electrons. The zero-order valence-electron chi connectivity index (χ0n) is 14.2. The Labute approximate surface area is 155 Å². The number of furan rings is 1. The number of rotatable bonds is 6. The van der Waals surface area contributed by atoms with E-state index in [2.05, 4.69) is 10.6 Å². The number of carbonyl (C=O) groups excluding carboxylic acids is 2. The lowest BCUT2D eigenvalue weighted by molar-refractivity contribution is 0.0949. The van der Waals surface area contributed by atoms with E-state index in [0.717, 1.165) is 10.5 Å². The number of hydrogen-bond acceptors (Lipinski definition) is 4. The van der Waals surface area contributed by atoms with Crippen LogP contribution in [-0.2, 0) is 6.54 Å². The molecule has 2 amide bonds. The van der Waals surface area contributed by atoms with Gasteiger partial charge >= 0.3 is 0 Å². The lowest BCUT2D eigenvalue weighted by Crippen LogP contribution is -2.22. The van der Waals surface area contributed by atoms with Gasteiger partial charge in [-0.15, -0.1) is 11.8 Å². The van der Waals surface area contributed by atoms with E-state index in [1.165, 1.54) is 6.26 Å². The van der Waals surface area contributed by atoms with Crippen molar-refractivity contribution in [1.82, 2.24) is 5.32 Å². The van der Waals surface area contributed by atoms with Crippen LogP contribution in [0.1, 0.15) is 26.5 Å². The highest BCUT2D eigenvalue weighted by Gasteiger charge is 2.09. The van der Waals surface area contributed by atoms with Crippen molar-refractivity contribution in [2.24, 2.45) is 0 Å². The maximum atomic E-state index is 12.2. The van der Waals surface area contributed by atoms with Gasteiger partial charge in [-0.3, -0.25) is 9.59 Å². The number of benzene rings is 2. The summed E-state index contributed by atoms with van der Waals surface area (Å²) in [5, 5.41) is 5.65. The molecule has 1 heterocycles. The maximum Gasteiger partial charge on any atom is 0.291 e. The summed E-state index contributed by atoms with van der Waals surface area (Å²) in [6.45, 7) is 0.369. The standard InChI is InChI=1S/C20H18N2O3S/c1-26-17-9-7-15(8-10-17)19(23)21-13-14-4-2-5-16(12-14)22-20(24)18-6-3-11-25-18/h2-12H,13H2,1H3,(H,21,23)(H,22,24). The van der Waals surface area contributed by atoms with Crippen LogP contribution in [0.5, 0.6) is 0 Å². The third-order valence-electron chi connectivity index (χ3n) is 3.74. The molecule has 132 valence electrons. The first-order valence-electron chi connectivity index (χ1n) is 8.02. The van der Waals surface area contributed by atoms with Gasteiger partial charge in [0.05, 0.1) is 6.26 Å². The van der Waals surface area contributed by atoms with Crippen LogP contribution in [-0.4, -0.2) is 18.1 Å². The molecule has 6 heteroatoms. The SMILES string of the molecule is CSc1ccc(C(=O)NCc2cccc(NC(=O)c3ccco3)c2)cc1. The number of amides is 2. The second-order valence-electron chi connectivity index (χ2n) is 5.54. The smallest absolute Gasteiger partial charge is 0.291 e. The minimum atomic E-state index is -0.315. The van der Waals surface area contributed by atoms with Gasteiger partial charge in [-0.2, -0.15) is 0 Å². The number of thioether (sulfide) groups is 1. The Morgan fingerprint density at radius 1 is 1.00 bits per heavy atom. The minimum Gasteiger partial charge on any atom is -0.459 e. The average molecular weight is 366 g/mol. The van der Waals surface area contributed by atoms with Gasteiger partial charge in [0.15, 0.2) is 5.76 Å². The summed E-state index contributed by atoms with van der Waals surface area (Å²) in [5.74, 6) is -0.204. The van der Waals surface area contributed by atoms with E-state index >= 15 is 0 Å². The molecule has 0 spiro atoms. The normalized spacial score (nSPS) is 10.3. The van der Waals surface area contributed by atoms with Crippen LogP contribution in [0.2, 0.25) is 0 Å². The van der Waals surface area contributed by atoms with Crippen molar-refractivity contribution in [2.45, 2.75) is 11.4 Å². The molecule has 2 N–H and O–H groups in total. The van der Waals surface area contributed by atoms with Crippen LogP contribution >= 0.6 is 11.8 Å². The first-order chi connectivity index (χ1) is 12.7. The Morgan fingerprint density at radius 3 is 2.50 bits per heavy atom. The van der Waals surface area contributed by atoms with E-state index in [-0.39, 0.29) is 17.6 Å². The molecule has 0 saturated heterocycles. The molecule has 0 atom stereocenters. The Hall–Kier alpha value is -2.99. The third kappa shape index (κ3) is 4.55. The summed E-state index contributed by atoms with van der Waals surface area (Å²) < 4.78 is 5.07. The van der Waals surface area contributed by atoms with Crippen molar-refractivity contribution in [3.05, 3.63) is 83.8 Å². The van der Waals surface area contributed by atoms with Crippen LogP contribution in [0.3, 0.4) is 0 Å². The third-order valence-corrected chi connectivity index (χ3v) is 4.48. The van der Waals surface area contributed by atoms with Gasteiger partial charge in [-0.05, 0) is 60.4 Å². The molecule has 0 saturated carbocycles. The molecule has 0 unspecified atom stereocenters. The minimum absolute atomic E-state index is 0.136. The summed E-state index contributed by atoms with van der Waals surface area (Å²) in [4.78, 5) is 25.4. The van der Waals surface area contributed by atoms with E-state index in [4.69, 9.17) is 4.42 Å². The number of hydrogen-bond donors (Lipinski definition) is 2. The monoisotopic (exact) mass is 366 g/mol. The highest BCUT2D eigenvalue weighted by Crippen LogP contribution is 2.15. The van der Waals surface area contributed by atoms with Crippen molar-refractivity contribution < 1.29 is 14.0 Å². The van der Waals surface area contributed by atoms with Crippen molar-refractivity contribution in [2.75, 3.05) is 11.6 Å². The second kappa shape index (κ2) is 8.40. The van der Waals surface area contributed by atoms with Crippen LogP contribution < -0.4 is 10.6 Å². The van der Waals surface area contributed by atoms with Crippen molar-refractivity contribution in [3.63, 3.8) is 0 Å². The Balaban J connectivity index is 1.59. The average Bonchev–Trinajstić information content (AvgIpc) is 3.21. The lowest BCUT2D eigenvalue weighted by Gasteiger charge is -2.08. The fraction of sp³-hybridized carbons (Fsp3) is 0.100. The van der Waals surface area contributed by atoms with Gasteiger partial charge in [0.2, 0.25) is 0 Å². The second-order valence-corrected chi connectivity index (χ2v) is 6.42. The summed E-state index contributed by atoms with van der Waals surface area (Å²) >= 11 is 1.63. The highest BCUT2D eigenvalue weighted by molar-refractivity contribution is 7.98.